The highest BCUT2D eigenvalue weighted by Crippen LogP contribution is 2.47. The molecule has 0 spiro atoms. The number of aromatic nitrogens is 2. The summed E-state index contributed by atoms with van der Waals surface area (Å²) in [5.74, 6) is 0.0965. The van der Waals surface area contributed by atoms with E-state index in [0.717, 1.165) is 12.8 Å². The van der Waals surface area contributed by atoms with E-state index >= 15 is 0 Å². The molecule has 1 aromatic carbocycles. The van der Waals surface area contributed by atoms with Crippen LogP contribution in [0.3, 0.4) is 0 Å². The van der Waals surface area contributed by atoms with Gasteiger partial charge in [0.1, 0.15) is 11.8 Å². The van der Waals surface area contributed by atoms with Crippen LogP contribution in [0.5, 0.6) is 5.75 Å². The van der Waals surface area contributed by atoms with Gasteiger partial charge in [0.25, 0.3) is 0 Å². The van der Waals surface area contributed by atoms with Crippen molar-refractivity contribution in [1.29, 1.82) is 0 Å². The van der Waals surface area contributed by atoms with Gasteiger partial charge in [-0.1, -0.05) is 6.07 Å². The van der Waals surface area contributed by atoms with Crippen molar-refractivity contribution < 1.29 is 22.7 Å². The number of ether oxygens (including phenoxy) is 1. The standard InChI is InChI=1S/C17H17BrF3N3O2/c1-9(16(25)22-11-4-3-5-12(8-11)26-2)24-14(10-6-7-10)13(18)15(23-24)17(19,20)21/h3-5,8-10H,6-7H2,1-2H3,(H,22,25). The van der Waals surface area contributed by atoms with E-state index in [1.54, 1.807) is 24.3 Å². The zero-order valence-corrected chi connectivity index (χ0v) is 15.7. The maximum absolute atomic E-state index is 13.2. The molecule has 1 aliphatic carbocycles. The van der Waals surface area contributed by atoms with Crippen molar-refractivity contribution in [1.82, 2.24) is 9.78 Å². The molecule has 1 aliphatic rings. The van der Waals surface area contributed by atoms with Crippen LogP contribution >= 0.6 is 15.9 Å². The number of rotatable bonds is 5. The summed E-state index contributed by atoms with van der Waals surface area (Å²) >= 11 is 3.03. The van der Waals surface area contributed by atoms with Gasteiger partial charge in [-0.15, -0.1) is 0 Å². The first-order chi connectivity index (χ1) is 12.2. The van der Waals surface area contributed by atoms with Gasteiger partial charge >= 0.3 is 6.18 Å². The highest BCUT2D eigenvalue weighted by Gasteiger charge is 2.43. The zero-order chi connectivity index (χ0) is 19.1. The van der Waals surface area contributed by atoms with Crippen LogP contribution in [-0.2, 0) is 11.0 Å². The highest BCUT2D eigenvalue weighted by atomic mass is 79.9. The van der Waals surface area contributed by atoms with Crippen molar-refractivity contribution in [2.75, 3.05) is 12.4 Å². The quantitative estimate of drug-likeness (QED) is 0.742. The number of benzene rings is 1. The highest BCUT2D eigenvalue weighted by molar-refractivity contribution is 9.10. The lowest BCUT2D eigenvalue weighted by molar-refractivity contribution is -0.142. The first-order valence-corrected chi connectivity index (χ1v) is 8.81. The lowest BCUT2D eigenvalue weighted by Crippen LogP contribution is -2.26. The van der Waals surface area contributed by atoms with Gasteiger partial charge in [0.2, 0.25) is 5.91 Å². The summed E-state index contributed by atoms with van der Waals surface area (Å²) in [5.41, 5.74) is -0.0810. The molecule has 1 fully saturated rings. The summed E-state index contributed by atoms with van der Waals surface area (Å²) in [7, 11) is 1.51. The minimum absolute atomic E-state index is 0.0138. The minimum Gasteiger partial charge on any atom is -0.497 e. The van der Waals surface area contributed by atoms with Gasteiger partial charge in [-0.3, -0.25) is 9.48 Å². The third kappa shape index (κ3) is 3.72. The Morgan fingerprint density at radius 2 is 2.12 bits per heavy atom. The molecule has 9 heteroatoms. The molecule has 1 unspecified atom stereocenters. The van der Waals surface area contributed by atoms with E-state index in [4.69, 9.17) is 4.74 Å². The summed E-state index contributed by atoms with van der Waals surface area (Å²) < 4.78 is 45.8. The number of amides is 1. The Balaban J connectivity index is 1.89. The van der Waals surface area contributed by atoms with Crippen LogP contribution in [0.4, 0.5) is 18.9 Å². The molecule has 1 heterocycles. The molecule has 0 radical (unpaired) electrons. The summed E-state index contributed by atoms with van der Waals surface area (Å²) in [6.45, 7) is 1.53. The number of anilines is 1. The second-order valence-electron chi connectivity index (χ2n) is 6.16. The minimum atomic E-state index is -4.59. The predicted octanol–water partition coefficient (Wildman–Crippen LogP) is 4.75. The van der Waals surface area contributed by atoms with Gasteiger partial charge in [-0.25, -0.2) is 0 Å². The lowest BCUT2D eigenvalue weighted by atomic mass is 10.2. The second-order valence-corrected chi connectivity index (χ2v) is 6.95. The first kappa shape index (κ1) is 18.8. The monoisotopic (exact) mass is 431 g/mol. The molecule has 1 atom stereocenters. The summed E-state index contributed by atoms with van der Waals surface area (Å²) in [5, 5.41) is 6.39. The Morgan fingerprint density at radius 1 is 1.42 bits per heavy atom. The van der Waals surface area contributed by atoms with Crippen molar-refractivity contribution >= 4 is 27.5 Å². The fourth-order valence-corrected chi connectivity index (χ4v) is 3.49. The van der Waals surface area contributed by atoms with Crippen LogP contribution in [0.1, 0.15) is 43.1 Å². The van der Waals surface area contributed by atoms with Crippen molar-refractivity contribution in [3.05, 3.63) is 40.1 Å². The van der Waals surface area contributed by atoms with E-state index in [1.165, 1.54) is 18.7 Å². The number of methoxy groups -OCH3 is 1. The molecular formula is C17H17BrF3N3O2. The number of nitrogens with one attached hydrogen (secondary N) is 1. The van der Waals surface area contributed by atoms with Gasteiger partial charge in [0, 0.05) is 17.7 Å². The zero-order valence-electron chi connectivity index (χ0n) is 14.1. The average Bonchev–Trinajstić information content (AvgIpc) is 3.35. The van der Waals surface area contributed by atoms with Crippen molar-refractivity contribution in [2.24, 2.45) is 0 Å². The largest absolute Gasteiger partial charge is 0.497 e. The fraction of sp³-hybridized carbons (Fsp3) is 0.412. The van der Waals surface area contributed by atoms with Crippen molar-refractivity contribution in [2.45, 2.75) is 37.9 Å². The number of carbonyl (C=O) groups excluding carboxylic acids is 1. The average molecular weight is 432 g/mol. The Bertz CT molecular complexity index is 831. The molecule has 5 nitrogen and oxygen atoms in total. The second kappa shape index (κ2) is 6.94. The van der Waals surface area contributed by atoms with Crippen LogP contribution < -0.4 is 10.1 Å². The van der Waals surface area contributed by atoms with Crippen LogP contribution in [0.2, 0.25) is 0 Å². The third-order valence-corrected chi connectivity index (χ3v) is 4.99. The molecule has 1 saturated carbocycles. The summed E-state index contributed by atoms with van der Waals surface area (Å²) in [6.07, 6.45) is -3.02. The number of hydrogen-bond acceptors (Lipinski definition) is 3. The maximum Gasteiger partial charge on any atom is 0.436 e. The molecule has 0 bridgehead atoms. The van der Waals surface area contributed by atoms with E-state index in [2.05, 4.69) is 26.3 Å². The number of nitrogens with zero attached hydrogens (tertiary/aromatic N) is 2. The van der Waals surface area contributed by atoms with Crippen molar-refractivity contribution in [3.63, 3.8) is 0 Å². The predicted molar refractivity (Wildman–Crippen MR) is 93.2 cm³/mol. The van der Waals surface area contributed by atoms with Gasteiger partial charge in [-0.05, 0) is 47.8 Å². The van der Waals surface area contributed by atoms with Gasteiger partial charge in [0.15, 0.2) is 5.69 Å². The van der Waals surface area contributed by atoms with Crippen LogP contribution in [-0.4, -0.2) is 22.8 Å². The SMILES string of the molecule is COc1cccc(NC(=O)C(C)n2nc(C(F)(F)F)c(Br)c2C2CC2)c1. The lowest BCUT2D eigenvalue weighted by Gasteiger charge is -2.16. The normalized spacial score (nSPS) is 15.6. The Hall–Kier alpha value is -2.03. The number of halogens is 4. The molecule has 140 valence electrons. The van der Waals surface area contributed by atoms with E-state index in [-0.39, 0.29) is 10.4 Å². The smallest absolute Gasteiger partial charge is 0.436 e. The topological polar surface area (TPSA) is 56.1 Å². The van der Waals surface area contributed by atoms with Gasteiger partial charge in [0.05, 0.1) is 17.3 Å². The molecule has 0 aliphatic heterocycles. The maximum atomic E-state index is 13.2. The third-order valence-electron chi connectivity index (χ3n) is 4.20. The first-order valence-electron chi connectivity index (χ1n) is 8.02. The van der Waals surface area contributed by atoms with Gasteiger partial charge < -0.3 is 10.1 Å². The molecule has 26 heavy (non-hydrogen) atoms. The van der Waals surface area contributed by atoms with E-state index in [0.29, 0.717) is 17.1 Å². The van der Waals surface area contributed by atoms with Crippen molar-refractivity contribution in [3.8, 4) is 5.75 Å². The Morgan fingerprint density at radius 3 is 2.69 bits per heavy atom. The molecule has 1 aromatic heterocycles. The summed E-state index contributed by atoms with van der Waals surface area (Å²) in [4.78, 5) is 12.6. The molecule has 0 saturated heterocycles. The molecule has 1 N–H and O–H groups in total. The van der Waals surface area contributed by atoms with Gasteiger partial charge in [-0.2, -0.15) is 18.3 Å². The van der Waals surface area contributed by atoms with E-state index in [1.807, 2.05) is 0 Å². The molecule has 3 rings (SSSR count). The van der Waals surface area contributed by atoms with Crippen LogP contribution in [0, 0.1) is 0 Å². The van der Waals surface area contributed by atoms with E-state index in [9.17, 15) is 18.0 Å². The van der Waals surface area contributed by atoms with Crippen LogP contribution in [0.25, 0.3) is 0 Å². The molecular weight excluding hydrogens is 415 g/mol. The summed E-state index contributed by atoms with van der Waals surface area (Å²) in [6, 6.07) is 5.84. The number of alkyl halides is 3. The number of hydrogen-bond donors (Lipinski definition) is 1. The Kier molecular flexibility index (Phi) is 5.01. The number of carbonyl (C=O) groups is 1. The molecule has 2 aromatic rings. The Labute approximate surface area is 156 Å². The fourth-order valence-electron chi connectivity index (χ4n) is 2.69. The van der Waals surface area contributed by atoms with Crippen LogP contribution in [0.15, 0.2) is 28.7 Å². The molecule has 1 amide bonds. The van der Waals surface area contributed by atoms with E-state index < -0.39 is 23.8 Å².